The molecule has 1 rings (SSSR count). The molecule has 0 spiro atoms. The Labute approximate surface area is 85.1 Å². The van der Waals surface area contributed by atoms with Gasteiger partial charge in [-0.15, -0.1) is 0 Å². The van der Waals surface area contributed by atoms with Gasteiger partial charge in [-0.2, -0.15) is 0 Å². The van der Waals surface area contributed by atoms with E-state index in [2.05, 4.69) is 4.29 Å². The van der Waals surface area contributed by atoms with Gasteiger partial charge in [-0.05, 0) is 13.8 Å². The van der Waals surface area contributed by atoms with E-state index >= 15 is 0 Å². The third-order valence-electron chi connectivity index (χ3n) is 1.05. The molecule has 68 valence electrons. The van der Waals surface area contributed by atoms with Crippen LogP contribution in [-0.4, -0.2) is 6.10 Å². The van der Waals surface area contributed by atoms with Gasteiger partial charge in [0.2, 0.25) is 0 Å². The zero-order chi connectivity index (χ0) is 9.40. The Bertz CT molecular complexity index is 187. The van der Waals surface area contributed by atoms with Crippen molar-refractivity contribution in [2.24, 2.45) is 0 Å². The molecule has 2 nitrogen and oxygen atoms in total. The second-order valence-electron chi connectivity index (χ2n) is 2.52. The number of allylic oxidation sites excluding steroid dienone is 4. The first-order valence-electron chi connectivity index (χ1n) is 3.67. The van der Waals surface area contributed by atoms with Crippen LogP contribution >= 0.6 is 11.9 Å². The average molecular weight is 227 g/mol. The van der Waals surface area contributed by atoms with Gasteiger partial charge in [0.25, 0.3) is 0 Å². The molecule has 0 saturated carbocycles. The zero-order valence-corrected chi connectivity index (χ0v) is 9.31. The third-order valence-corrected chi connectivity index (χ3v) is 2.29. The standard InChI is InChI=1S/C5H5.C3H7ClO.O.V/c1-2-4-5-3-1;1-3(2)5-4;;/h1-3H,4H2;3H,1-2H3;;. The summed E-state index contributed by atoms with van der Waals surface area (Å²) in [5.41, 5.74) is 0. The first kappa shape index (κ1) is 12.1. The number of hydrogen-bond acceptors (Lipinski definition) is 2. The van der Waals surface area contributed by atoms with Crippen molar-refractivity contribution in [2.75, 3.05) is 0 Å². The number of halogens is 1. The molecule has 0 amide bonds. The van der Waals surface area contributed by atoms with Crippen molar-refractivity contribution in [3.63, 3.8) is 0 Å². The Hall–Kier alpha value is 0.114. The van der Waals surface area contributed by atoms with Crippen molar-refractivity contribution < 1.29 is 24.2 Å². The molecule has 0 aromatic carbocycles. The van der Waals surface area contributed by atoms with Gasteiger partial charge < -0.3 is 0 Å². The van der Waals surface area contributed by atoms with Gasteiger partial charge in [-0.25, -0.2) is 0 Å². The van der Waals surface area contributed by atoms with Crippen LogP contribution in [0, 0.1) is 0 Å². The molecule has 4 heteroatoms. The molecule has 1 aliphatic rings. The molecule has 0 aromatic rings. The van der Waals surface area contributed by atoms with Crippen LogP contribution in [0.3, 0.4) is 0 Å². The summed E-state index contributed by atoms with van der Waals surface area (Å²) in [6.07, 6.45) is 6.96. The second-order valence-corrected chi connectivity index (χ2v) is 3.88. The maximum atomic E-state index is 10.1. The number of rotatable bonds is 2. The first-order valence-corrected chi connectivity index (χ1v) is 5.25. The Morgan fingerprint density at radius 1 is 1.67 bits per heavy atom. The Kier molecular flexibility index (Phi) is 7.82. The minimum atomic E-state index is -0.727. The summed E-state index contributed by atoms with van der Waals surface area (Å²) >= 11 is 4.11. The summed E-state index contributed by atoms with van der Waals surface area (Å²) in [5, 5.41) is 0. The molecule has 0 heterocycles. The minimum absolute atomic E-state index is 0.150. The maximum absolute atomic E-state index is 10.1. The van der Waals surface area contributed by atoms with Crippen molar-refractivity contribution in [1.29, 1.82) is 0 Å². The summed E-state index contributed by atoms with van der Waals surface area (Å²) in [7, 11) is 0. The monoisotopic (exact) mass is 226 g/mol. The van der Waals surface area contributed by atoms with Crippen LogP contribution in [0.5, 0.6) is 0 Å². The average Bonchev–Trinajstić information content (AvgIpc) is 2.57. The topological polar surface area (TPSA) is 26.3 Å². The van der Waals surface area contributed by atoms with Gasteiger partial charge in [0.15, 0.2) is 0 Å². The van der Waals surface area contributed by atoms with E-state index in [-0.39, 0.29) is 6.10 Å². The fourth-order valence-electron chi connectivity index (χ4n) is 0.504. The van der Waals surface area contributed by atoms with Crippen LogP contribution in [-0.2, 0) is 24.2 Å². The Morgan fingerprint density at radius 2 is 2.25 bits per heavy atom. The summed E-state index contributed by atoms with van der Waals surface area (Å²) in [5.74, 6) is 0. The second kappa shape index (κ2) is 7.75. The SMILES string of the molecule is CC(C)OCl.[O]=[V][C]1=CC=CC1. The van der Waals surface area contributed by atoms with E-state index in [1.54, 1.807) is 0 Å². The normalized spacial score (nSPS) is 13.8. The van der Waals surface area contributed by atoms with E-state index < -0.39 is 16.2 Å². The molecule has 0 aliphatic heterocycles. The molecule has 12 heavy (non-hydrogen) atoms. The zero-order valence-electron chi connectivity index (χ0n) is 7.16. The predicted molar refractivity (Wildman–Crippen MR) is 44.6 cm³/mol. The van der Waals surface area contributed by atoms with Crippen LogP contribution in [0.25, 0.3) is 0 Å². The molecule has 0 radical (unpaired) electrons. The molecular formula is C8H12ClO2V. The van der Waals surface area contributed by atoms with Gasteiger partial charge in [-0.1, -0.05) is 0 Å². The molecule has 0 atom stereocenters. The van der Waals surface area contributed by atoms with Crippen LogP contribution in [0.15, 0.2) is 22.5 Å². The van der Waals surface area contributed by atoms with E-state index in [4.69, 9.17) is 11.9 Å². The van der Waals surface area contributed by atoms with E-state index in [1.807, 2.05) is 32.1 Å². The summed E-state index contributed by atoms with van der Waals surface area (Å²) in [6, 6.07) is 0. The van der Waals surface area contributed by atoms with Crippen molar-refractivity contribution >= 4 is 11.9 Å². The van der Waals surface area contributed by atoms with Gasteiger partial charge in [0, 0.05) is 0 Å². The summed E-state index contributed by atoms with van der Waals surface area (Å²) in [4.78, 5) is 0. The van der Waals surface area contributed by atoms with Crippen LogP contribution in [0.4, 0.5) is 0 Å². The van der Waals surface area contributed by atoms with Crippen molar-refractivity contribution in [3.05, 3.63) is 22.5 Å². The van der Waals surface area contributed by atoms with Gasteiger partial charge in [0.05, 0.1) is 18.0 Å². The molecule has 0 fully saturated rings. The van der Waals surface area contributed by atoms with E-state index in [1.165, 1.54) is 0 Å². The number of hydrogen-bond donors (Lipinski definition) is 0. The molecular weight excluding hydrogens is 214 g/mol. The van der Waals surface area contributed by atoms with Crippen LogP contribution in [0.1, 0.15) is 20.3 Å². The van der Waals surface area contributed by atoms with Gasteiger partial charge in [0.1, 0.15) is 0 Å². The van der Waals surface area contributed by atoms with Crippen molar-refractivity contribution in [2.45, 2.75) is 26.4 Å². The Morgan fingerprint density at radius 3 is 2.42 bits per heavy atom. The molecule has 0 aromatic heterocycles. The van der Waals surface area contributed by atoms with E-state index in [0.29, 0.717) is 0 Å². The fraction of sp³-hybridized carbons (Fsp3) is 0.500. The van der Waals surface area contributed by atoms with Crippen LogP contribution < -0.4 is 0 Å². The van der Waals surface area contributed by atoms with E-state index in [9.17, 15) is 3.67 Å². The molecule has 0 N–H and O–H groups in total. The van der Waals surface area contributed by atoms with Crippen molar-refractivity contribution in [1.82, 2.24) is 0 Å². The predicted octanol–water partition coefficient (Wildman–Crippen LogP) is 2.82. The third kappa shape index (κ3) is 6.80. The first-order chi connectivity index (χ1) is 5.70. The van der Waals surface area contributed by atoms with E-state index in [0.717, 1.165) is 10.7 Å². The van der Waals surface area contributed by atoms with Gasteiger partial charge in [-0.3, -0.25) is 4.29 Å². The fourth-order valence-corrected chi connectivity index (χ4v) is 1.01. The summed E-state index contributed by atoms with van der Waals surface area (Å²) in [6.45, 7) is 3.74. The van der Waals surface area contributed by atoms with Crippen molar-refractivity contribution in [3.8, 4) is 0 Å². The molecule has 0 saturated heterocycles. The molecule has 0 bridgehead atoms. The van der Waals surface area contributed by atoms with Crippen LogP contribution in [0.2, 0.25) is 0 Å². The van der Waals surface area contributed by atoms with Gasteiger partial charge >= 0.3 is 48.8 Å². The molecule has 0 unspecified atom stereocenters. The summed E-state index contributed by atoms with van der Waals surface area (Å²) < 4.78 is 15.4. The Balaban J connectivity index is 0.000000217. The quantitative estimate of drug-likeness (QED) is 0.724. The molecule has 1 aliphatic carbocycles.